The van der Waals surface area contributed by atoms with Crippen LogP contribution in [0.3, 0.4) is 0 Å². The predicted octanol–water partition coefficient (Wildman–Crippen LogP) is 0.970. The minimum Gasteiger partial charge on any atom is -0.447 e. The summed E-state index contributed by atoms with van der Waals surface area (Å²) in [6, 6.07) is 0.0833. The Kier molecular flexibility index (Phi) is 1.85. The molecule has 0 saturated heterocycles. The van der Waals surface area contributed by atoms with Crippen LogP contribution in [0.15, 0.2) is 16.9 Å². The monoisotopic (exact) mass is 125 g/mol. The average Bonchev–Trinajstić information content (AvgIpc) is 2.37. The summed E-state index contributed by atoms with van der Waals surface area (Å²) in [6.45, 7) is 1.94. The summed E-state index contributed by atoms with van der Waals surface area (Å²) in [7, 11) is 1.74. The molecule has 0 N–H and O–H groups in total. The molecule has 0 aliphatic rings. The van der Waals surface area contributed by atoms with E-state index in [1.807, 2.05) is 6.92 Å². The Labute approximate surface area is 54.1 Å². The van der Waals surface area contributed by atoms with Crippen LogP contribution in [0.5, 0.6) is 0 Å². The van der Waals surface area contributed by atoms with Crippen LogP contribution in [0.4, 0.5) is 0 Å². The summed E-state index contributed by atoms with van der Waals surface area (Å²) in [5, 5.41) is 3.97. The minimum atomic E-state index is 0.0833. The molecule has 0 saturated carbocycles. The van der Waals surface area contributed by atoms with E-state index in [0.717, 1.165) is 0 Å². The van der Waals surface area contributed by atoms with E-state index in [2.05, 4.69) is 10.3 Å². The van der Waals surface area contributed by atoms with Gasteiger partial charge in [0.1, 0.15) is 6.26 Å². The zero-order valence-electron chi connectivity index (χ0n) is 5.53. The van der Waals surface area contributed by atoms with Gasteiger partial charge in [0.25, 0.3) is 0 Å². The minimum absolute atomic E-state index is 0.0833. The lowest BCUT2D eigenvalue weighted by Gasteiger charge is -1.99. The molecule has 1 aromatic rings. The van der Waals surface area contributed by atoms with Crippen molar-refractivity contribution < 1.29 is 4.42 Å². The van der Waals surface area contributed by atoms with Crippen LogP contribution in [0.2, 0.25) is 0 Å². The molecule has 3 nitrogen and oxygen atoms in total. The zero-order chi connectivity index (χ0) is 6.69. The van der Waals surface area contributed by atoms with Crippen LogP contribution < -0.4 is 5.32 Å². The topological polar surface area (TPSA) is 40.1 Å². The summed E-state index contributed by atoms with van der Waals surface area (Å²) in [4.78, 5) is 3.93. The van der Waals surface area contributed by atoms with E-state index in [1.54, 1.807) is 19.5 Å². The van der Waals surface area contributed by atoms with Gasteiger partial charge in [0, 0.05) is 7.05 Å². The van der Waals surface area contributed by atoms with E-state index in [1.165, 1.54) is 0 Å². The molecule has 9 heavy (non-hydrogen) atoms. The van der Waals surface area contributed by atoms with Gasteiger partial charge in [-0.1, -0.05) is 0 Å². The second-order valence-corrected chi connectivity index (χ2v) is 1.80. The summed E-state index contributed by atoms with van der Waals surface area (Å²) >= 11 is 0. The molecular weight excluding hydrogens is 116 g/mol. The van der Waals surface area contributed by atoms with Gasteiger partial charge in [-0.05, 0) is 6.92 Å². The van der Waals surface area contributed by atoms with Crippen LogP contribution in [0, 0.1) is 0 Å². The van der Waals surface area contributed by atoms with Gasteiger partial charge in [-0.25, -0.2) is 10.3 Å². The van der Waals surface area contributed by atoms with Gasteiger partial charge in [-0.15, -0.1) is 0 Å². The van der Waals surface area contributed by atoms with Crippen molar-refractivity contribution in [3.8, 4) is 0 Å². The molecule has 1 rings (SSSR count). The average molecular weight is 125 g/mol. The van der Waals surface area contributed by atoms with Crippen molar-refractivity contribution in [2.75, 3.05) is 7.05 Å². The van der Waals surface area contributed by atoms with Gasteiger partial charge in [0.15, 0.2) is 0 Å². The first kappa shape index (κ1) is 6.29. The molecule has 0 amide bonds. The number of hydrogen-bond acceptors (Lipinski definition) is 2. The maximum absolute atomic E-state index is 4.98. The van der Waals surface area contributed by atoms with Crippen LogP contribution in [0.25, 0.3) is 0 Å². The fraction of sp³-hybridized carbons (Fsp3) is 0.500. The molecule has 49 valence electrons. The molecule has 1 heterocycles. The van der Waals surface area contributed by atoms with Crippen LogP contribution in [-0.2, 0) is 0 Å². The second kappa shape index (κ2) is 2.64. The molecule has 1 radical (unpaired) electrons. The van der Waals surface area contributed by atoms with Crippen LogP contribution in [-0.4, -0.2) is 12.0 Å². The highest BCUT2D eigenvalue weighted by atomic mass is 16.3. The van der Waals surface area contributed by atoms with Crippen LogP contribution in [0.1, 0.15) is 18.9 Å². The van der Waals surface area contributed by atoms with Gasteiger partial charge in [-0.2, -0.15) is 0 Å². The zero-order valence-corrected chi connectivity index (χ0v) is 5.53. The molecule has 0 aliphatic carbocycles. The number of rotatable bonds is 2. The molecule has 0 spiro atoms. The van der Waals surface area contributed by atoms with Crippen molar-refractivity contribution in [3.05, 3.63) is 18.4 Å². The lowest BCUT2D eigenvalue weighted by atomic mass is 10.3. The Hall–Kier alpha value is -0.830. The van der Waals surface area contributed by atoms with Gasteiger partial charge in [0.2, 0.25) is 5.89 Å². The quantitative estimate of drug-likeness (QED) is 0.590. The summed E-state index contributed by atoms with van der Waals surface area (Å²) in [5.74, 6) is 0.678. The Morgan fingerprint density at radius 1 is 1.78 bits per heavy atom. The summed E-state index contributed by atoms with van der Waals surface area (Å²) < 4.78 is 4.98. The lowest BCUT2D eigenvalue weighted by molar-refractivity contribution is 0.429. The number of nitrogens with zero attached hydrogens (tertiary/aromatic N) is 2. The predicted molar refractivity (Wildman–Crippen MR) is 33.0 cm³/mol. The van der Waals surface area contributed by atoms with Crippen molar-refractivity contribution in [1.29, 1.82) is 0 Å². The van der Waals surface area contributed by atoms with Crippen molar-refractivity contribution >= 4 is 0 Å². The highest BCUT2D eigenvalue weighted by molar-refractivity contribution is 4.86. The first-order valence-corrected chi connectivity index (χ1v) is 2.83. The van der Waals surface area contributed by atoms with E-state index < -0.39 is 0 Å². The molecule has 1 aromatic heterocycles. The number of oxazole rings is 1. The Morgan fingerprint density at radius 3 is 3.00 bits per heavy atom. The highest BCUT2D eigenvalue weighted by Gasteiger charge is 2.05. The molecule has 0 fully saturated rings. The first-order chi connectivity index (χ1) is 4.34. The Bertz CT molecular complexity index is 160. The Morgan fingerprint density at radius 2 is 2.56 bits per heavy atom. The largest absolute Gasteiger partial charge is 0.447 e. The fourth-order valence-electron chi connectivity index (χ4n) is 0.551. The van der Waals surface area contributed by atoms with Gasteiger partial charge in [-0.3, -0.25) is 0 Å². The normalized spacial score (nSPS) is 13.6. The molecule has 1 unspecified atom stereocenters. The summed E-state index contributed by atoms with van der Waals surface area (Å²) in [5.41, 5.74) is 0. The highest BCUT2D eigenvalue weighted by Crippen LogP contribution is 2.07. The third-order valence-corrected chi connectivity index (χ3v) is 1.20. The molecule has 1 atom stereocenters. The lowest BCUT2D eigenvalue weighted by Crippen LogP contribution is -2.04. The van der Waals surface area contributed by atoms with E-state index in [4.69, 9.17) is 4.42 Å². The van der Waals surface area contributed by atoms with E-state index in [9.17, 15) is 0 Å². The molecule has 0 bridgehead atoms. The molecular formula is C6H9N2O. The second-order valence-electron chi connectivity index (χ2n) is 1.80. The van der Waals surface area contributed by atoms with E-state index >= 15 is 0 Å². The maximum Gasteiger partial charge on any atom is 0.212 e. The number of hydrogen-bond donors (Lipinski definition) is 0. The van der Waals surface area contributed by atoms with Gasteiger partial charge < -0.3 is 4.42 Å². The van der Waals surface area contributed by atoms with Crippen molar-refractivity contribution in [1.82, 2.24) is 10.3 Å². The third kappa shape index (κ3) is 1.29. The third-order valence-electron chi connectivity index (χ3n) is 1.20. The van der Waals surface area contributed by atoms with Gasteiger partial charge in [0.05, 0.1) is 12.2 Å². The molecule has 0 aliphatic heterocycles. The van der Waals surface area contributed by atoms with Crippen molar-refractivity contribution in [2.24, 2.45) is 0 Å². The first-order valence-electron chi connectivity index (χ1n) is 2.83. The van der Waals surface area contributed by atoms with E-state index in [0.29, 0.717) is 5.89 Å². The number of aromatic nitrogens is 1. The molecule has 0 aromatic carbocycles. The fourth-order valence-corrected chi connectivity index (χ4v) is 0.551. The SMILES string of the molecule is C[N]C(C)c1ncco1. The standard InChI is InChI=1S/C6H9N2O/c1-5(7-2)6-8-3-4-9-6/h3-5H,1-2H3. The summed E-state index contributed by atoms with van der Waals surface area (Å²) in [6.07, 6.45) is 3.17. The Balaban J connectivity index is 2.65. The van der Waals surface area contributed by atoms with Gasteiger partial charge >= 0.3 is 0 Å². The van der Waals surface area contributed by atoms with Crippen molar-refractivity contribution in [2.45, 2.75) is 13.0 Å². The van der Waals surface area contributed by atoms with E-state index in [-0.39, 0.29) is 6.04 Å². The van der Waals surface area contributed by atoms with Crippen LogP contribution >= 0.6 is 0 Å². The smallest absolute Gasteiger partial charge is 0.212 e. The maximum atomic E-state index is 4.98. The molecule has 3 heteroatoms. The van der Waals surface area contributed by atoms with Crippen molar-refractivity contribution in [3.63, 3.8) is 0 Å².